The van der Waals surface area contributed by atoms with Crippen molar-refractivity contribution in [1.29, 1.82) is 0 Å². The van der Waals surface area contributed by atoms with Crippen LogP contribution in [0.1, 0.15) is 36.1 Å². The summed E-state index contributed by atoms with van der Waals surface area (Å²) in [4.78, 5) is 23.7. The molecule has 2 fully saturated rings. The van der Waals surface area contributed by atoms with Gasteiger partial charge in [0, 0.05) is 19.3 Å². The maximum Gasteiger partial charge on any atom is 0.433 e. The minimum Gasteiger partial charge on any atom is -0.341 e. The van der Waals surface area contributed by atoms with Crippen molar-refractivity contribution in [3.8, 4) is 0 Å². The SMILES string of the molecule is Cc1ccnc(N(C)C(=O)[C@@H]2[C@H]3CC[C@H](C3)N2c2cc(C(F)(F)F)cc(C(F)(F)F)n2)c1. The zero-order chi connectivity index (χ0) is 23.4. The fourth-order valence-electron chi connectivity index (χ4n) is 4.61. The summed E-state index contributed by atoms with van der Waals surface area (Å²) in [5.74, 6) is -0.762. The molecule has 11 heteroatoms. The molecule has 1 amide bonds. The monoisotopic (exact) mass is 458 g/mol. The summed E-state index contributed by atoms with van der Waals surface area (Å²) in [5.41, 5.74) is -2.23. The third-order valence-corrected chi connectivity index (χ3v) is 6.11. The molecule has 32 heavy (non-hydrogen) atoms. The van der Waals surface area contributed by atoms with E-state index in [1.807, 2.05) is 6.92 Å². The fraction of sp³-hybridized carbons (Fsp3) is 0.476. The maximum atomic E-state index is 13.4. The Labute approximate surface area is 180 Å². The zero-order valence-electron chi connectivity index (χ0n) is 17.2. The number of amides is 1. The lowest BCUT2D eigenvalue weighted by atomic mass is 9.97. The van der Waals surface area contributed by atoms with Crippen LogP contribution in [0.15, 0.2) is 30.5 Å². The van der Waals surface area contributed by atoms with Crippen molar-refractivity contribution in [2.75, 3.05) is 16.8 Å². The quantitative estimate of drug-likeness (QED) is 0.618. The van der Waals surface area contributed by atoms with Crippen molar-refractivity contribution in [1.82, 2.24) is 9.97 Å². The lowest BCUT2D eigenvalue weighted by molar-refractivity contribution is -0.145. The normalized spacial score (nSPS) is 23.0. The molecule has 1 saturated heterocycles. The maximum absolute atomic E-state index is 13.4. The highest BCUT2D eigenvalue weighted by Crippen LogP contribution is 2.46. The Balaban J connectivity index is 1.76. The number of hydrogen-bond acceptors (Lipinski definition) is 4. The second kappa shape index (κ2) is 7.63. The van der Waals surface area contributed by atoms with E-state index in [-0.39, 0.29) is 18.0 Å². The van der Waals surface area contributed by atoms with E-state index in [0.29, 0.717) is 31.1 Å². The van der Waals surface area contributed by atoms with E-state index in [0.717, 1.165) is 5.56 Å². The first-order valence-corrected chi connectivity index (χ1v) is 10.0. The molecule has 3 atom stereocenters. The van der Waals surface area contributed by atoms with Gasteiger partial charge in [-0.2, -0.15) is 26.3 Å². The van der Waals surface area contributed by atoms with Crippen LogP contribution >= 0.6 is 0 Å². The van der Waals surface area contributed by atoms with Crippen LogP contribution in [0, 0.1) is 12.8 Å². The van der Waals surface area contributed by atoms with Crippen LogP contribution in [0.25, 0.3) is 0 Å². The smallest absolute Gasteiger partial charge is 0.341 e. The van der Waals surface area contributed by atoms with Gasteiger partial charge in [-0.25, -0.2) is 9.97 Å². The number of pyridine rings is 2. The Morgan fingerprint density at radius 2 is 1.81 bits per heavy atom. The number of piperidine rings is 1. The summed E-state index contributed by atoms with van der Waals surface area (Å²) >= 11 is 0. The average molecular weight is 458 g/mol. The first kappa shape index (κ1) is 22.3. The Morgan fingerprint density at radius 1 is 1.09 bits per heavy atom. The number of nitrogens with zero attached hydrogens (tertiary/aromatic N) is 4. The lowest BCUT2D eigenvalue weighted by Gasteiger charge is -2.37. The summed E-state index contributed by atoms with van der Waals surface area (Å²) in [6.07, 6.45) is -6.78. The molecule has 172 valence electrons. The molecule has 4 rings (SSSR count). The molecule has 2 aliphatic rings. The second-order valence-electron chi connectivity index (χ2n) is 8.26. The van der Waals surface area contributed by atoms with E-state index in [2.05, 4.69) is 9.97 Å². The van der Waals surface area contributed by atoms with Crippen molar-refractivity contribution >= 4 is 17.5 Å². The molecule has 2 bridgehead atoms. The number of hydrogen-bond donors (Lipinski definition) is 0. The molecular weight excluding hydrogens is 438 g/mol. The number of rotatable bonds is 3. The van der Waals surface area contributed by atoms with E-state index in [9.17, 15) is 31.1 Å². The summed E-state index contributed by atoms with van der Waals surface area (Å²) in [6.45, 7) is 1.82. The predicted octanol–water partition coefficient (Wildman–Crippen LogP) is 4.84. The van der Waals surface area contributed by atoms with Gasteiger partial charge in [-0.15, -0.1) is 0 Å². The van der Waals surface area contributed by atoms with Gasteiger partial charge in [0.25, 0.3) is 5.91 Å². The third-order valence-electron chi connectivity index (χ3n) is 6.11. The summed E-state index contributed by atoms with van der Waals surface area (Å²) in [6, 6.07) is 2.75. The van der Waals surface area contributed by atoms with Crippen LogP contribution in [0.3, 0.4) is 0 Å². The largest absolute Gasteiger partial charge is 0.433 e. The molecule has 0 radical (unpaired) electrons. The van der Waals surface area contributed by atoms with Gasteiger partial charge in [0.05, 0.1) is 5.56 Å². The number of halogens is 6. The molecule has 0 unspecified atom stereocenters. The number of carbonyl (C=O) groups is 1. The molecule has 3 heterocycles. The number of likely N-dealkylation sites (N-methyl/N-ethyl adjacent to an activating group) is 1. The number of fused-ring (bicyclic) bond motifs is 2. The minimum atomic E-state index is -5.06. The summed E-state index contributed by atoms with van der Waals surface area (Å²) in [5, 5.41) is 0. The molecule has 2 aromatic rings. The van der Waals surface area contributed by atoms with Gasteiger partial charge in [0.15, 0.2) is 0 Å². The Hall–Kier alpha value is -2.85. The van der Waals surface area contributed by atoms with Crippen molar-refractivity contribution in [2.24, 2.45) is 5.92 Å². The highest BCUT2D eigenvalue weighted by molar-refractivity contribution is 5.98. The highest BCUT2D eigenvalue weighted by atomic mass is 19.4. The molecule has 1 saturated carbocycles. The molecule has 1 aliphatic heterocycles. The number of alkyl halides is 6. The van der Waals surface area contributed by atoms with Crippen LogP contribution in [-0.2, 0) is 17.1 Å². The van der Waals surface area contributed by atoms with Gasteiger partial charge in [-0.3, -0.25) is 9.69 Å². The van der Waals surface area contributed by atoms with Gasteiger partial charge in [0.1, 0.15) is 23.4 Å². The van der Waals surface area contributed by atoms with Crippen LogP contribution < -0.4 is 9.80 Å². The van der Waals surface area contributed by atoms with Crippen molar-refractivity contribution in [3.05, 3.63) is 47.3 Å². The van der Waals surface area contributed by atoms with Gasteiger partial charge < -0.3 is 4.90 Å². The van der Waals surface area contributed by atoms with E-state index in [1.165, 1.54) is 23.0 Å². The van der Waals surface area contributed by atoms with E-state index >= 15 is 0 Å². The number of anilines is 2. The zero-order valence-corrected chi connectivity index (χ0v) is 17.2. The topological polar surface area (TPSA) is 49.3 Å². The van der Waals surface area contributed by atoms with Gasteiger partial charge in [-0.05, 0) is 61.9 Å². The van der Waals surface area contributed by atoms with Crippen LogP contribution in [0.4, 0.5) is 38.0 Å². The first-order chi connectivity index (χ1) is 14.9. The van der Waals surface area contributed by atoms with Crippen LogP contribution in [0.2, 0.25) is 0 Å². The second-order valence-corrected chi connectivity index (χ2v) is 8.26. The summed E-state index contributed by atoms with van der Waals surface area (Å²) in [7, 11) is 1.50. The third kappa shape index (κ3) is 4.00. The fourth-order valence-corrected chi connectivity index (χ4v) is 4.61. The van der Waals surface area contributed by atoms with Crippen molar-refractivity contribution in [3.63, 3.8) is 0 Å². The average Bonchev–Trinajstić information content (AvgIpc) is 3.32. The minimum absolute atomic E-state index is 0.00253. The van der Waals surface area contributed by atoms with E-state index in [1.54, 1.807) is 12.1 Å². The number of aryl methyl sites for hydroxylation is 1. The van der Waals surface area contributed by atoms with Crippen molar-refractivity contribution in [2.45, 2.75) is 50.6 Å². The molecule has 0 spiro atoms. The van der Waals surface area contributed by atoms with Gasteiger partial charge in [-0.1, -0.05) is 0 Å². The Morgan fingerprint density at radius 3 is 2.44 bits per heavy atom. The number of carbonyl (C=O) groups excluding carboxylic acids is 1. The van der Waals surface area contributed by atoms with Crippen LogP contribution in [0.5, 0.6) is 0 Å². The van der Waals surface area contributed by atoms with Gasteiger partial charge in [0.2, 0.25) is 0 Å². The molecular formula is C21H20F6N4O. The lowest BCUT2D eigenvalue weighted by Crippen LogP contribution is -2.51. The van der Waals surface area contributed by atoms with E-state index < -0.39 is 41.4 Å². The first-order valence-electron chi connectivity index (χ1n) is 10.0. The van der Waals surface area contributed by atoms with Gasteiger partial charge >= 0.3 is 12.4 Å². The van der Waals surface area contributed by atoms with E-state index in [4.69, 9.17) is 0 Å². The Kier molecular flexibility index (Phi) is 5.33. The number of aromatic nitrogens is 2. The highest BCUT2D eigenvalue weighted by Gasteiger charge is 2.51. The standard InChI is InChI=1S/C21H20F6N4O/c1-11-5-6-28-16(7-11)30(2)19(32)18-12-3-4-14(8-12)31(18)17-10-13(20(22,23)24)9-15(29-17)21(25,26)27/h5-7,9-10,12,14,18H,3-4,8H2,1-2H3/t12-,14+,18-/m0/s1. The molecule has 0 aromatic carbocycles. The summed E-state index contributed by atoms with van der Waals surface area (Å²) < 4.78 is 80.0. The molecule has 2 aromatic heterocycles. The van der Waals surface area contributed by atoms with Crippen LogP contribution in [-0.4, -0.2) is 35.0 Å². The molecule has 5 nitrogen and oxygen atoms in total. The molecule has 0 N–H and O–H groups in total. The molecule has 1 aliphatic carbocycles. The van der Waals surface area contributed by atoms with Crippen molar-refractivity contribution < 1.29 is 31.1 Å². The predicted molar refractivity (Wildman–Crippen MR) is 104 cm³/mol. The Bertz CT molecular complexity index is 1010.